The second-order valence-corrected chi connectivity index (χ2v) is 19.7. The summed E-state index contributed by atoms with van der Waals surface area (Å²) >= 11 is 0. The molecule has 0 saturated carbocycles. The van der Waals surface area contributed by atoms with Gasteiger partial charge in [0.2, 0.25) is 5.91 Å². The van der Waals surface area contributed by atoms with Crippen LogP contribution < -0.4 is 5.32 Å². The summed E-state index contributed by atoms with van der Waals surface area (Å²) in [6.07, 6.45) is 39.4. The first kappa shape index (κ1) is 63.2. The van der Waals surface area contributed by atoms with E-state index in [1.165, 1.54) is 141 Å². The molecule has 0 radical (unpaired) electrons. The van der Waals surface area contributed by atoms with Crippen molar-refractivity contribution < 1.29 is 49.3 Å². The van der Waals surface area contributed by atoms with Gasteiger partial charge < -0.3 is 45.1 Å². The molecular weight excluding hydrogens is 847 g/mol. The number of nitrogens with one attached hydrogen (secondary N) is 1. The van der Waals surface area contributed by atoms with Crippen molar-refractivity contribution in [3.63, 3.8) is 0 Å². The Bertz CT molecular complexity index is 1180. The Kier molecular flexibility index (Phi) is 42.7. The van der Waals surface area contributed by atoms with Gasteiger partial charge in [0.15, 0.2) is 12.4 Å². The van der Waals surface area contributed by atoms with E-state index in [0.29, 0.717) is 12.8 Å². The number of hydrogen-bond donors (Lipinski definition) is 6. The van der Waals surface area contributed by atoms with E-state index in [4.69, 9.17) is 14.2 Å². The molecule has 0 aromatic heterocycles. The summed E-state index contributed by atoms with van der Waals surface area (Å²) in [7, 11) is 0. The van der Waals surface area contributed by atoms with Gasteiger partial charge in [0, 0.05) is 6.42 Å². The van der Waals surface area contributed by atoms with Crippen LogP contribution in [-0.2, 0) is 23.8 Å². The summed E-state index contributed by atoms with van der Waals surface area (Å²) in [5, 5.41) is 56.7. The minimum Gasteiger partial charge on any atom is -0.454 e. The lowest BCUT2D eigenvalue weighted by atomic mass is 9.99. The fourth-order valence-corrected chi connectivity index (χ4v) is 8.82. The number of esters is 1. The number of aliphatic hydroxyl groups excluding tert-OH is 5. The van der Waals surface area contributed by atoms with Gasteiger partial charge in [0.1, 0.15) is 24.4 Å². The zero-order valence-electron chi connectivity index (χ0n) is 43.3. The van der Waals surface area contributed by atoms with Crippen LogP contribution in [0.15, 0.2) is 24.3 Å². The number of unbranched alkanes of at least 4 members (excludes halogenated alkanes) is 31. The van der Waals surface area contributed by atoms with Crippen molar-refractivity contribution in [2.75, 3.05) is 13.2 Å². The van der Waals surface area contributed by atoms with E-state index in [-0.39, 0.29) is 19.4 Å². The normalized spacial score (nSPS) is 20.1. The fraction of sp³-hybridized carbons (Fsp3) is 0.893. The Balaban J connectivity index is 2.74. The number of allylic oxidation sites excluding steroid dienone is 3. The lowest BCUT2D eigenvalue weighted by Gasteiger charge is -2.41. The summed E-state index contributed by atoms with van der Waals surface area (Å²) in [5.41, 5.74) is 0. The minimum absolute atomic E-state index is 0.128. The molecule has 11 nitrogen and oxygen atoms in total. The molecule has 11 heteroatoms. The number of carbonyl (C=O) groups is 2. The molecule has 0 aromatic carbocycles. The van der Waals surface area contributed by atoms with Crippen molar-refractivity contribution in [1.29, 1.82) is 0 Å². The Morgan fingerprint density at radius 3 is 1.46 bits per heavy atom. The van der Waals surface area contributed by atoms with Gasteiger partial charge in [-0.3, -0.25) is 9.59 Å². The molecule has 1 rings (SSSR count). The van der Waals surface area contributed by atoms with E-state index in [9.17, 15) is 35.1 Å². The molecule has 8 atom stereocenters. The SMILES string of the molecule is CCCCCC/C=C\CCCCCCCCC(O)C(=O)NC(COC1OC(CO)C(O)C(O)C1OC(=O)CCCCCCCCCCCCCCC)C(O)/C=C/CCCCCCCCCCC. The maximum atomic E-state index is 13.3. The lowest BCUT2D eigenvalue weighted by molar-refractivity contribution is -0.305. The molecule has 0 aromatic rings. The number of aliphatic hydroxyl groups is 5. The Labute approximate surface area is 410 Å². The molecule has 1 saturated heterocycles. The van der Waals surface area contributed by atoms with Crippen molar-refractivity contribution in [2.24, 2.45) is 0 Å². The van der Waals surface area contributed by atoms with Gasteiger partial charge in [-0.15, -0.1) is 0 Å². The second-order valence-electron chi connectivity index (χ2n) is 19.7. The zero-order valence-corrected chi connectivity index (χ0v) is 43.3. The van der Waals surface area contributed by atoms with Gasteiger partial charge in [0.25, 0.3) is 0 Å². The summed E-state index contributed by atoms with van der Waals surface area (Å²) in [6, 6.07) is -1.02. The van der Waals surface area contributed by atoms with Crippen LogP contribution in [-0.4, -0.2) is 99.6 Å². The predicted octanol–water partition coefficient (Wildman–Crippen LogP) is 12.2. The Morgan fingerprint density at radius 2 is 0.985 bits per heavy atom. The van der Waals surface area contributed by atoms with Gasteiger partial charge in [-0.2, -0.15) is 0 Å². The highest BCUT2D eigenvalue weighted by Gasteiger charge is 2.47. The standard InChI is InChI=1S/C56H105NO10/c1-4-7-10-13-16-19-22-24-26-28-31-34-37-40-43-49(60)55(64)57-47(48(59)42-39-36-33-30-27-21-18-15-12-9-6-3)46-65-56-54(53(63)52(62)50(45-58)66-56)67-51(61)44-41-38-35-32-29-25-23-20-17-14-11-8-5-2/h19,22,39,42,47-50,52-54,56,58-60,62-63H,4-18,20-21,23-38,40-41,43-46H2,1-3H3,(H,57,64)/b22-19-,42-39+. The van der Waals surface area contributed by atoms with Crippen LogP contribution in [0.1, 0.15) is 258 Å². The van der Waals surface area contributed by atoms with Crippen molar-refractivity contribution in [1.82, 2.24) is 5.32 Å². The first-order valence-corrected chi connectivity index (χ1v) is 28.1. The average Bonchev–Trinajstić information content (AvgIpc) is 3.32. The minimum atomic E-state index is -1.61. The van der Waals surface area contributed by atoms with Crippen LogP contribution in [0.4, 0.5) is 0 Å². The molecular formula is C56H105NO10. The third kappa shape index (κ3) is 34.2. The van der Waals surface area contributed by atoms with Crippen LogP contribution in [0, 0.1) is 0 Å². The molecule has 1 heterocycles. The van der Waals surface area contributed by atoms with Gasteiger partial charge in [0.05, 0.1) is 25.4 Å². The molecule has 6 N–H and O–H groups in total. The van der Waals surface area contributed by atoms with E-state index in [1.54, 1.807) is 6.08 Å². The molecule has 8 unspecified atom stereocenters. The summed E-state index contributed by atoms with van der Waals surface area (Å²) in [4.78, 5) is 26.4. The Morgan fingerprint density at radius 1 is 0.567 bits per heavy atom. The second kappa shape index (κ2) is 45.3. The molecule has 394 valence electrons. The van der Waals surface area contributed by atoms with Crippen LogP contribution >= 0.6 is 0 Å². The van der Waals surface area contributed by atoms with E-state index in [1.807, 2.05) is 6.08 Å². The third-order valence-corrected chi connectivity index (χ3v) is 13.4. The molecule has 0 aliphatic carbocycles. The monoisotopic (exact) mass is 952 g/mol. The van der Waals surface area contributed by atoms with Gasteiger partial charge in [-0.05, 0) is 51.4 Å². The molecule has 1 aliphatic rings. The van der Waals surface area contributed by atoms with E-state index in [2.05, 4.69) is 38.2 Å². The van der Waals surface area contributed by atoms with Crippen molar-refractivity contribution in [3.05, 3.63) is 24.3 Å². The zero-order chi connectivity index (χ0) is 49.0. The number of amides is 1. The molecule has 1 fully saturated rings. The number of rotatable bonds is 47. The third-order valence-electron chi connectivity index (χ3n) is 13.4. The summed E-state index contributed by atoms with van der Waals surface area (Å²) in [5.74, 6) is -1.19. The maximum absolute atomic E-state index is 13.3. The van der Waals surface area contributed by atoms with E-state index in [0.717, 1.165) is 70.6 Å². The average molecular weight is 952 g/mol. The quantitative estimate of drug-likeness (QED) is 0.0196. The summed E-state index contributed by atoms with van der Waals surface area (Å²) < 4.78 is 17.5. The van der Waals surface area contributed by atoms with Crippen LogP contribution in [0.25, 0.3) is 0 Å². The highest BCUT2D eigenvalue weighted by Crippen LogP contribution is 2.26. The molecule has 1 amide bonds. The summed E-state index contributed by atoms with van der Waals surface area (Å²) in [6.45, 7) is 5.76. The fourth-order valence-electron chi connectivity index (χ4n) is 8.82. The molecule has 0 bridgehead atoms. The van der Waals surface area contributed by atoms with Gasteiger partial charge in [-0.25, -0.2) is 0 Å². The number of carbonyl (C=O) groups excluding carboxylic acids is 2. The number of ether oxygens (including phenoxy) is 3. The lowest BCUT2D eigenvalue weighted by Crippen LogP contribution is -2.61. The van der Waals surface area contributed by atoms with E-state index >= 15 is 0 Å². The largest absolute Gasteiger partial charge is 0.454 e. The van der Waals surface area contributed by atoms with Crippen LogP contribution in [0.2, 0.25) is 0 Å². The first-order chi connectivity index (χ1) is 32.7. The van der Waals surface area contributed by atoms with Crippen LogP contribution in [0.3, 0.4) is 0 Å². The molecule has 0 spiro atoms. The van der Waals surface area contributed by atoms with Crippen LogP contribution in [0.5, 0.6) is 0 Å². The van der Waals surface area contributed by atoms with Crippen molar-refractivity contribution in [3.8, 4) is 0 Å². The predicted molar refractivity (Wildman–Crippen MR) is 274 cm³/mol. The maximum Gasteiger partial charge on any atom is 0.306 e. The van der Waals surface area contributed by atoms with Crippen molar-refractivity contribution >= 4 is 11.9 Å². The topological polar surface area (TPSA) is 175 Å². The molecule has 67 heavy (non-hydrogen) atoms. The van der Waals surface area contributed by atoms with Gasteiger partial charge in [-0.1, -0.05) is 225 Å². The highest BCUT2D eigenvalue weighted by molar-refractivity contribution is 5.80. The van der Waals surface area contributed by atoms with E-state index < -0.39 is 67.4 Å². The van der Waals surface area contributed by atoms with Crippen molar-refractivity contribution in [2.45, 2.75) is 307 Å². The highest BCUT2D eigenvalue weighted by atomic mass is 16.7. The van der Waals surface area contributed by atoms with Gasteiger partial charge >= 0.3 is 5.97 Å². The number of hydrogen-bond acceptors (Lipinski definition) is 10. The first-order valence-electron chi connectivity index (χ1n) is 28.1. The Hall–Kier alpha value is -1.86. The molecule has 1 aliphatic heterocycles. The smallest absolute Gasteiger partial charge is 0.306 e.